The van der Waals surface area contributed by atoms with E-state index in [-0.39, 0.29) is 0 Å². The second-order valence-electron chi connectivity index (χ2n) is 5.09. The quantitative estimate of drug-likeness (QED) is 0.632. The van der Waals surface area contributed by atoms with Crippen LogP contribution in [0.15, 0.2) is 0 Å². The van der Waals surface area contributed by atoms with E-state index in [9.17, 15) is 5.11 Å². The van der Waals surface area contributed by atoms with E-state index in [0.717, 1.165) is 23.7 Å². The van der Waals surface area contributed by atoms with Gasteiger partial charge >= 0.3 is 0 Å². The van der Waals surface area contributed by atoms with Gasteiger partial charge in [-0.15, -0.1) is 0 Å². The molecule has 12 heavy (non-hydrogen) atoms. The van der Waals surface area contributed by atoms with Gasteiger partial charge < -0.3 is 5.11 Å². The molecule has 3 fully saturated rings. The number of fused-ring (bicyclic) bond motifs is 5. The summed E-state index contributed by atoms with van der Waals surface area (Å²) in [5.41, 5.74) is 0. The third-order valence-corrected chi connectivity index (χ3v) is 4.81. The molecule has 1 nitrogen and oxygen atoms in total. The summed E-state index contributed by atoms with van der Waals surface area (Å²) in [5.74, 6) is 4.73. The molecule has 5 atom stereocenters. The van der Waals surface area contributed by atoms with Gasteiger partial charge in [-0.25, -0.2) is 0 Å². The lowest BCUT2D eigenvalue weighted by molar-refractivity contribution is 0.142. The average molecular weight is 166 g/mol. The van der Waals surface area contributed by atoms with Crippen LogP contribution in [0, 0.1) is 29.6 Å². The Kier molecular flexibility index (Phi) is 1.52. The van der Waals surface area contributed by atoms with E-state index in [2.05, 4.69) is 0 Å². The summed E-state index contributed by atoms with van der Waals surface area (Å²) in [6, 6.07) is 0. The summed E-state index contributed by atoms with van der Waals surface area (Å²) < 4.78 is 0. The standard InChI is InChI=1S/C11H18O/c12-6-9-3-4-10-7-1-2-8(5-7)11(9)10/h7-12H,1-6H2/t7-,8+,9-,10+,11-/m1/s1. The summed E-state index contributed by atoms with van der Waals surface area (Å²) in [6.07, 6.45) is 7.23. The van der Waals surface area contributed by atoms with E-state index in [1.807, 2.05) is 0 Å². The molecule has 3 rings (SSSR count). The van der Waals surface area contributed by atoms with Crippen LogP contribution in [0.5, 0.6) is 0 Å². The Hall–Kier alpha value is -0.0400. The number of hydrogen-bond acceptors (Lipinski definition) is 1. The van der Waals surface area contributed by atoms with Crippen molar-refractivity contribution in [3.8, 4) is 0 Å². The molecule has 0 aromatic rings. The second-order valence-corrected chi connectivity index (χ2v) is 5.09. The Morgan fingerprint density at radius 1 is 1.00 bits per heavy atom. The number of hydrogen-bond donors (Lipinski definition) is 1. The van der Waals surface area contributed by atoms with Crippen LogP contribution < -0.4 is 0 Å². The maximum atomic E-state index is 9.24. The molecule has 0 heterocycles. The van der Waals surface area contributed by atoms with Crippen molar-refractivity contribution >= 4 is 0 Å². The lowest BCUT2D eigenvalue weighted by Crippen LogP contribution is -2.23. The van der Waals surface area contributed by atoms with Crippen LogP contribution >= 0.6 is 0 Å². The molecule has 3 saturated carbocycles. The van der Waals surface area contributed by atoms with Crippen LogP contribution in [-0.2, 0) is 0 Å². The van der Waals surface area contributed by atoms with Gasteiger partial charge in [0.05, 0.1) is 0 Å². The van der Waals surface area contributed by atoms with Crippen molar-refractivity contribution in [2.45, 2.75) is 32.1 Å². The van der Waals surface area contributed by atoms with Crippen molar-refractivity contribution in [1.82, 2.24) is 0 Å². The minimum atomic E-state index is 0.463. The molecule has 1 N–H and O–H groups in total. The summed E-state index contributed by atoms with van der Waals surface area (Å²) in [5, 5.41) is 9.24. The zero-order valence-corrected chi connectivity index (χ0v) is 7.58. The topological polar surface area (TPSA) is 20.2 Å². The fraction of sp³-hybridized carbons (Fsp3) is 1.00. The molecule has 0 radical (unpaired) electrons. The smallest absolute Gasteiger partial charge is 0.0462 e. The lowest BCUT2D eigenvalue weighted by Gasteiger charge is -2.27. The second kappa shape index (κ2) is 2.47. The maximum absolute atomic E-state index is 9.24. The number of aliphatic hydroxyl groups excluding tert-OH is 1. The van der Waals surface area contributed by atoms with Crippen LogP contribution in [0.3, 0.4) is 0 Å². The first-order valence-corrected chi connectivity index (χ1v) is 5.51. The van der Waals surface area contributed by atoms with Gasteiger partial charge in [0, 0.05) is 6.61 Å². The van der Waals surface area contributed by atoms with E-state index in [1.54, 1.807) is 0 Å². The predicted molar refractivity (Wildman–Crippen MR) is 47.6 cm³/mol. The van der Waals surface area contributed by atoms with Crippen molar-refractivity contribution in [1.29, 1.82) is 0 Å². The maximum Gasteiger partial charge on any atom is 0.0462 e. The Morgan fingerprint density at radius 3 is 2.67 bits per heavy atom. The van der Waals surface area contributed by atoms with Gasteiger partial charge in [0.15, 0.2) is 0 Å². The first-order valence-electron chi connectivity index (χ1n) is 5.51. The Labute approximate surface area is 74.2 Å². The molecule has 0 aliphatic heterocycles. The SMILES string of the molecule is OC[C@H]1CC[C@H]2[C@@H]3CC[C@@H](C3)[C@H]12. The van der Waals surface area contributed by atoms with Crippen molar-refractivity contribution in [2.75, 3.05) is 6.61 Å². The normalized spacial score (nSPS) is 56.2. The molecule has 0 aromatic carbocycles. The van der Waals surface area contributed by atoms with E-state index in [1.165, 1.54) is 32.1 Å². The minimum Gasteiger partial charge on any atom is -0.396 e. The molecule has 0 amide bonds. The zero-order valence-electron chi connectivity index (χ0n) is 7.58. The Balaban J connectivity index is 1.85. The highest BCUT2D eigenvalue weighted by molar-refractivity contribution is 5.02. The number of rotatable bonds is 1. The van der Waals surface area contributed by atoms with Crippen LogP contribution in [-0.4, -0.2) is 11.7 Å². The van der Waals surface area contributed by atoms with E-state index in [0.29, 0.717) is 12.5 Å². The fourth-order valence-electron chi connectivity index (χ4n) is 4.43. The van der Waals surface area contributed by atoms with Gasteiger partial charge in [0.2, 0.25) is 0 Å². The monoisotopic (exact) mass is 166 g/mol. The Bertz CT molecular complexity index is 187. The molecule has 3 aliphatic rings. The van der Waals surface area contributed by atoms with Gasteiger partial charge in [0.25, 0.3) is 0 Å². The summed E-state index contributed by atoms with van der Waals surface area (Å²) in [4.78, 5) is 0. The van der Waals surface area contributed by atoms with Crippen LogP contribution in [0.2, 0.25) is 0 Å². The first-order chi connectivity index (χ1) is 5.90. The molecular weight excluding hydrogens is 148 g/mol. The molecule has 3 aliphatic carbocycles. The molecule has 1 heteroatoms. The van der Waals surface area contributed by atoms with Crippen molar-refractivity contribution in [2.24, 2.45) is 29.6 Å². The minimum absolute atomic E-state index is 0.463. The van der Waals surface area contributed by atoms with Crippen molar-refractivity contribution in [3.05, 3.63) is 0 Å². The summed E-state index contributed by atoms with van der Waals surface area (Å²) in [7, 11) is 0. The molecule has 2 bridgehead atoms. The molecule has 0 spiro atoms. The predicted octanol–water partition coefficient (Wildman–Crippen LogP) is 2.05. The highest BCUT2D eigenvalue weighted by atomic mass is 16.3. The van der Waals surface area contributed by atoms with Gasteiger partial charge in [-0.3, -0.25) is 0 Å². The van der Waals surface area contributed by atoms with Gasteiger partial charge in [-0.2, -0.15) is 0 Å². The van der Waals surface area contributed by atoms with E-state index < -0.39 is 0 Å². The first kappa shape index (κ1) is 7.37. The molecule has 0 aromatic heterocycles. The van der Waals surface area contributed by atoms with Gasteiger partial charge in [0.1, 0.15) is 0 Å². The highest BCUT2D eigenvalue weighted by Gasteiger charge is 2.52. The lowest BCUT2D eigenvalue weighted by atomic mass is 9.78. The Morgan fingerprint density at radius 2 is 1.83 bits per heavy atom. The molecule has 0 unspecified atom stereocenters. The van der Waals surface area contributed by atoms with Crippen LogP contribution in [0.4, 0.5) is 0 Å². The zero-order chi connectivity index (χ0) is 8.13. The summed E-state index contributed by atoms with van der Waals surface area (Å²) >= 11 is 0. The van der Waals surface area contributed by atoms with E-state index >= 15 is 0 Å². The highest BCUT2D eigenvalue weighted by Crippen LogP contribution is 2.60. The molecular formula is C11H18O. The fourth-order valence-corrected chi connectivity index (χ4v) is 4.43. The third-order valence-electron chi connectivity index (χ3n) is 4.81. The van der Waals surface area contributed by atoms with Gasteiger partial charge in [-0.1, -0.05) is 0 Å². The van der Waals surface area contributed by atoms with Crippen molar-refractivity contribution in [3.63, 3.8) is 0 Å². The average Bonchev–Trinajstić information content (AvgIpc) is 2.76. The summed E-state index contributed by atoms with van der Waals surface area (Å²) in [6.45, 7) is 0.463. The molecule has 0 saturated heterocycles. The van der Waals surface area contributed by atoms with E-state index in [4.69, 9.17) is 0 Å². The van der Waals surface area contributed by atoms with Crippen molar-refractivity contribution < 1.29 is 5.11 Å². The van der Waals surface area contributed by atoms with Crippen LogP contribution in [0.1, 0.15) is 32.1 Å². The van der Waals surface area contributed by atoms with Gasteiger partial charge in [-0.05, 0) is 61.7 Å². The largest absolute Gasteiger partial charge is 0.396 e. The van der Waals surface area contributed by atoms with Crippen LogP contribution in [0.25, 0.3) is 0 Å². The third kappa shape index (κ3) is 0.783. The number of aliphatic hydroxyl groups is 1. The molecule has 68 valence electrons.